The molecule has 0 aromatic heterocycles. The second-order valence-corrected chi connectivity index (χ2v) is 4.56. The van der Waals surface area contributed by atoms with Crippen molar-refractivity contribution in [1.29, 1.82) is 0 Å². The molecule has 0 saturated carbocycles. The second kappa shape index (κ2) is 7.92. The second-order valence-electron chi connectivity index (χ2n) is 4.56. The van der Waals surface area contributed by atoms with Gasteiger partial charge in [0.05, 0.1) is 12.8 Å². The van der Waals surface area contributed by atoms with Crippen LogP contribution >= 0.6 is 0 Å². The van der Waals surface area contributed by atoms with Gasteiger partial charge in [0.2, 0.25) is 0 Å². The maximum Gasteiger partial charge on any atom is 0.429 e. The van der Waals surface area contributed by atoms with E-state index in [2.05, 4.69) is 4.99 Å². The molecule has 0 fully saturated rings. The van der Waals surface area contributed by atoms with Crippen LogP contribution in [0.1, 0.15) is 39.0 Å². The van der Waals surface area contributed by atoms with Gasteiger partial charge in [-0.1, -0.05) is 26.2 Å². The van der Waals surface area contributed by atoms with E-state index in [1.54, 1.807) is 12.1 Å². The summed E-state index contributed by atoms with van der Waals surface area (Å²) in [6.45, 7) is 2.02. The monoisotopic (exact) mass is 287 g/mol. The predicted molar refractivity (Wildman–Crippen MR) is 74.9 cm³/mol. The molecule has 1 aromatic rings. The van der Waals surface area contributed by atoms with E-state index in [1.165, 1.54) is 19.2 Å². The van der Waals surface area contributed by atoms with E-state index in [9.17, 15) is 13.2 Å². The summed E-state index contributed by atoms with van der Waals surface area (Å²) in [7, 11) is 1.51. The lowest BCUT2D eigenvalue weighted by Crippen LogP contribution is -2.22. The molecule has 112 valence electrons. The summed E-state index contributed by atoms with van der Waals surface area (Å²) in [6, 6.07) is 6.25. The number of halogens is 3. The molecule has 0 bridgehead atoms. The Balaban J connectivity index is 2.77. The third-order valence-electron chi connectivity index (χ3n) is 2.93. The number of rotatable bonds is 7. The molecule has 0 atom stereocenters. The van der Waals surface area contributed by atoms with Crippen LogP contribution in [0.5, 0.6) is 5.75 Å². The maximum atomic E-state index is 12.9. The van der Waals surface area contributed by atoms with Gasteiger partial charge in [-0.25, -0.2) is 4.99 Å². The first-order chi connectivity index (χ1) is 9.47. The average molecular weight is 287 g/mol. The molecule has 0 amide bonds. The molecule has 0 aliphatic rings. The van der Waals surface area contributed by atoms with Gasteiger partial charge in [-0.3, -0.25) is 0 Å². The van der Waals surface area contributed by atoms with E-state index < -0.39 is 11.9 Å². The first-order valence-electron chi connectivity index (χ1n) is 6.76. The molecule has 0 saturated heterocycles. The highest BCUT2D eigenvalue weighted by Crippen LogP contribution is 2.26. The van der Waals surface area contributed by atoms with Gasteiger partial charge in [0.1, 0.15) is 11.5 Å². The number of benzene rings is 1. The number of hydrogen-bond acceptors (Lipinski definition) is 2. The molecule has 0 unspecified atom stereocenters. The van der Waals surface area contributed by atoms with Crippen molar-refractivity contribution in [3.63, 3.8) is 0 Å². The Hall–Kier alpha value is -1.52. The SMILES string of the molecule is CCCCCCC(=Nc1ccc(OC)cc1)C(F)(F)F. The lowest BCUT2D eigenvalue weighted by atomic mass is 10.1. The van der Waals surface area contributed by atoms with Crippen molar-refractivity contribution in [2.45, 2.75) is 45.2 Å². The average Bonchev–Trinajstić information content (AvgIpc) is 2.42. The van der Waals surface area contributed by atoms with Gasteiger partial charge < -0.3 is 4.74 Å². The third kappa shape index (κ3) is 5.63. The first-order valence-corrected chi connectivity index (χ1v) is 6.76. The number of methoxy groups -OCH3 is 1. The van der Waals surface area contributed by atoms with Crippen LogP contribution in [0.4, 0.5) is 18.9 Å². The summed E-state index contributed by atoms with van der Waals surface area (Å²) in [5.74, 6) is 0.598. The Kier molecular flexibility index (Phi) is 6.55. The quantitative estimate of drug-likeness (QED) is 0.492. The molecule has 0 spiro atoms. The van der Waals surface area contributed by atoms with Gasteiger partial charge in [-0.2, -0.15) is 13.2 Å². The normalized spacial score (nSPS) is 12.6. The van der Waals surface area contributed by atoms with E-state index in [-0.39, 0.29) is 6.42 Å². The number of nitrogens with zero attached hydrogens (tertiary/aromatic N) is 1. The lowest BCUT2D eigenvalue weighted by molar-refractivity contribution is -0.0605. The fraction of sp³-hybridized carbons (Fsp3) is 0.533. The van der Waals surface area contributed by atoms with Crippen LogP contribution < -0.4 is 4.74 Å². The molecule has 2 nitrogen and oxygen atoms in total. The maximum absolute atomic E-state index is 12.9. The predicted octanol–water partition coefficient (Wildman–Crippen LogP) is 5.30. The van der Waals surface area contributed by atoms with E-state index >= 15 is 0 Å². The molecule has 0 N–H and O–H groups in total. The molecule has 0 heterocycles. The number of unbranched alkanes of at least 4 members (excludes halogenated alkanes) is 3. The van der Waals surface area contributed by atoms with Crippen molar-refractivity contribution in [3.05, 3.63) is 24.3 Å². The zero-order chi connectivity index (χ0) is 15.0. The van der Waals surface area contributed by atoms with Gasteiger partial charge in [-0.15, -0.1) is 0 Å². The van der Waals surface area contributed by atoms with Crippen molar-refractivity contribution in [2.75, 3.05) is 7.11 Å². The van der Waals surface area contributed by atoms with Gasteiger partial charge in [0.15, 0.2) is 0 Å². The molecule has 0 aliphatic heterocycles. The zero-order valence-electron chi connectivity index (χ0n) is 11.8. The third-order valence-corrected chi connectivity index (χ3v) is 2.93. The number of hydrogen-bond donors (Lipinski definition) is 0. The van der Waals surface area contributed by atoms with Crippen LogP contribution in [-0.4, -0.2) is 19.0 Å². The molecule has 0 aliphatic carbocycles. The smallest absolute Gasteiger partial charge is 0.429 e. The Labute approximate surface area is 117 Å². The Bertz CT molecular complexity index is 424. The van der Waals surface area contributed by atoms with Crippen LogP contribution in [-0.2, 0) is 0 Å². The summed E-state index contributed by atoms with van der Waals surface area (Å²) in [6.07, 6.45) is -1.14. The molecular formula is C15H20F3NO. The summed E-state index contributed by atoms with van der Waals surface area (Å²) < 4.78 is 43.7. The topological polar surface area (TPSA) is 21.6 Å². The van der Waals surface area contributed by atoms with Gasteiger partial charge >= 0.3 is 6.18 Å². The van der Waals surface area contributed by atoms with E-state index in [1.807, 2.05) is 6.92 Å². The molecule has 0 radical (unpaired) electrons. The Morgan fingerprint density at radius 1 is 1.10 bits per heavy atom. The molecule has 20 heavy (non-hydrogen) atoms. The summed E-state index contributed by atoms with van der Waals surface area (Å²) in [5.41, 5.74) is -0.410. The fourth-order valence-electron chi connectivity index (χ4n) is 1.79. The van der Waals surface area contributed by atoms with E-state index in [4.69, 9.17) is 4.74 Å². The van der Waals surface area contributed by atoms with Crippen LogP contribution in [0, 0.1) is 0 Å². The fourth-order valence-corrected chi connectivity index (χ4v) is 1.79. The minimum absolute atomic E-state index is 0.0322. The van der Waals surface area contributed by atoms with Crippen molar-refractivity contribution in [3.8, 4) is 5.75 Å². The van der Waals surface area contributed by atoms with E-state index in [0.29, 0.717) is 17.9 Å². The minimum Gasteiger partial charge on any atom is -0.497 e. The zero-order valence-corrected chi connectivity index (χ0v) is 11.8. The van der Waals surface area contributed by atoms with Crippen LogP contribution in [0.25, 0.3) is 0 Å². The molecule has 5 heteroatoms. The standard InChI is InChI=1S/C15H20F3NO/c1-3-4-5-6-7-14(15(16,17)18)19-12-8-10-13(20-2)11-9-12/h8-11H,3-7H2,1-2H3. The van der Waals surface area contributed by atoms with Crippen molar-refractivity contribution >= 4 is 11.4 Å². The molecule has 1 rings (SSSR count). The highest BCUT2D eigenvalue weighted by Gasteiger charge is 2.34. The number of alkyl halides is 3. The summed E-state index contributed by atoms with van der Waals surface area (Å²) in [4.78, 5) is 3.74. The Morgan fingerprint density at radius 3 is 2.25 bits per heavy atom. The van der Waals surface area contributed by atoms with Crippen molar-refractivity contribution in [1.82, 2.24) is 0 Å². The minimum atomic E-state index is -4.37. The summed E-state index contributed by atoms with van der Waals surface area (Å²) in [5, 5.41) is 0. The van der Waals surface area contributed by atoms with Crippen molar-refractivity contribution < 1.29 is 17.9 Å². The number of aliphatic imine (C=N–C) groups is 1. The van der Waals surface area contributed by atoms with Gasteiger partial charge in [0.25, 0.3) is 0 Å². The van der Waals surface area contributed by atoms with Gasteiger partial charge in [-0.05, 0) is 37.1 Å². The van der Waals surface area contributed by atoms with Crippen LogP contribution in [0.2, 0.25) is 0 Å². The Morgan fingerprint density at radius 2 is 1.75 bits per heavy atom. The van der Waals surface area contributed by atoms with Crippen LogP contribution in [0.3, 0.4) is 0 Å². The highest BCUT2D eigenvalue weighted by atomic mass is 19.4. The molecular weight excluding hydrogens is 267 g/mol. The number of ether oxygens (including phenoxy) is 1. The van der Waals surface area contributed by atoms with Crippen LogP contribution in [0.15, 0.2) is 29.3 Å². The summed E-state index contributed by atoms with van der Waals surface area (Å²) >= 11 is 0. The first kappa shape index (κ1) is 16.5. The van der Waals surface area contributed by atoms with Crippen molar-refractivity contribution in [2.24, 2.45) is 4.99 Å². The molecule has 1 aromatic carbocycles. The largest absolute Gasteiger partial charge is 0.497 e. The van der Waals surface area contributed by atoms with E-state index in [0.717, 1.165) is 19.3 Å². The highest BCUT2D eigenvalue weighted by molar-refractivity contribution is 5.91. The lowest BCUT2D eigenvalue weighted by Gasteiger charge is -2.10. The van der Waals surface area contributed by atoms with Gasteiger partial charge in [0, 0.05) is 0 Å².